The van der Waals surface area contributed by atoms with E-state index in [1.165, 1.54) is 11.1 Å². The maximum atomic E-state index is 5.97. The van der Waals surface area contributed by atoms with Crippen molar-refractivity contribution in [2.45, 2.75) is 51.2 Å². The fourth-order valence-electron chi connectivity index (χ4n) is 4.48. The molecule has 29 heavy (non-hydrogen) atoms. The van der Waals surface area contributed by atoms with Gasteiger partial charge in [-0.15, -0.1) is 0 Å². The molecule has 4 heteroatoms. The predicted molar refractivity (Wildman–Crippen MR) is 118 cm³/mol. The molecule has 1 N–H and O–H groups in total. The van der Waals surface area contributed by atoms with Crippen LogP contribution in [0.5, 0.6) is 11.5 Å². The Bertz CT molecular complexity index is 760. The van der Waals surface area contributed by atoms with Gasteiger partial charge < -0.3 is 19.5 Å². The maximum Gasteiger partial charge on any atom is 0.161 e. The first kappa shape index (κ1) is 21.7. The minimum absolute atomic E-state index is 0.0248. The van der Waals surface area contributed by atoms with E-state index in [0.29, 0.717) is 11.8 Å². The smallest absolute Gasteiger partial charge is 0.161 e. The second-order valence-electron chi connectivity index (χ2n) is 8.53. The van der Waals surface area contributed by atoms with Gasteiger partial charge in [0.1, 0.15) is 0 Å². The Kier molecular flexibility index (Phi) is 7.57. The van der Waals surface area contributed by atoms with Gasteiger partial charge in [0.05, 0.1) is 19.8 Å². The zero-order chi connectivity index (χ0) is 20.7. The van der Waals surface area contributed by atoms with Crippen LogP contribution in [0.15, 0.2) is 48.5 Å². The van der Waals surface area contributed by atoms with Crippen LogP contribution in [0.3, 0.4) is 0 Å². The van der Waals surface area contributed by atoms with E-state index in [4.69, 9.17) is 14.2 Å². The van der Waals surface area contributed by atoms with Gasteiger partial charge in [-0.2, -0.15) is 0 Å². The van der Waals surface area contributed by atoms with Crippen LogP contribution in [0, 0.1) is 5.92 Å². The number of ether oxygens (including phenoxy) is 3. The van der Waals surface area contributed by atoms with E-state index in [2.05, 4.69) is 55.6 Å². The number of rotatable bonds is 9. The van der Waals surface area contributed by atoms with E-state index in [1.807, 2.05) is 12.1 Å². The van der Waals surface area contributed by atoms with Gasteiger partial charge in [-0.25, -0.2) is 0 Å². The Balaban J connectivity index is 1.60. The molecule has 3 rings (SSSR count). The zero-order valence-corrected chi connectivity index (χ0v) is 18.2. The summed E-state index contributed by atoms with van der Waals surface area (Å²) in [5.74, 6) is 2.75. The molecule has 1 saturated heterocycles. The molecule has 4 nitrogen and oxygen atoms in total. The predicted octanol–water partition coefficient (Wildman–Crippen LogP) is 5.17. The van der Waals surface area contributed by atoms with Crippen LogP contribution in [0.4, 0.5) is 0 Å². The highest BCUT2D eigenvalue weighted by atomic mass is 16.5. The Labute approximate surface area is 175 Å². The lowest BCUT2D eigenvalue weighted by molar-refractivity contribution is -0.0771. The van der Waals surface area contributed by atoms with Crippen LogP contribution in [-0.2, 0) is 11.3 Å². The first-order valence-corrected chi connectivity index (χ1v) is 10.6. The molecule has 1 aliphatic rings. The Hall–Kier alpha value is -2.04. The molecule has 0 spiro atoms. The Morgan fingerprint density at radius 3 is 2.52 bits per heavy atom. The van der Waals surface area contributed by atoms with Crippen molar-refractivity contribution in [3.8, 4) is 11.5 Å². The van der Waals surface area contributed by atoms with Crippen molar-refractivity contribution >= 4 is 0 Å². The fourth-order valence-corrected chi connectivity index (χ4v) is 4.48. The molecule has 0 saturated carbocycles. The van der Waals surface area contributed by atoms with Crippen LogP contribution in [-0.4, -0.2) is 33.0 Å². The Morgan fingerprint density at radius 2 is 1.83 bits per heavy atom. The topological polar surface area (TPSA) is 39.7 Å². The molecular weight excluding hydrogens is 362 g/mol. The summed E-state index contributed by atoms with van der Waals surface area (Å²) in [6, 6.07) is 17.1. The molecule has 0 unspecified atom stereocenters. The minimum Gasteiger partial charge on any atom is -0.493 e. The van der Waals surface area contributed by atoms with E-state index in [9.17, 15) is 0 Å². The van der Waals surface area contributed by atoms with Gasteiger partial charge in [-0.1, -0.05) is 36.4 Å². The van der Waals surface area contributed by atoms with Gasteiger partial charge in [0, 0.05) is 13.2 Å². The second kappa shape index (κ2) is 10.1. The summed E-state index contributed by atoms with van der Waals surface area (Å²) in [6.45, 7) is 7.10. The van der Waals surface area contributed by atoms with Crippen molar-refractivity contribution in [2.75, 3.05) is 27.4 Å². The van der Waals surface area contributed by atoms with Crippen molar-refractivity contribution in [1.82, 2.24) is 5.32 Å². The highest BCUT2D eigenvalue weighted by molar-refractivity contribution is 5.42. The van der Waals surface area contributed by atoms with Gasteiger partial charge >= 0.3 is 0 Å². The van der Waals surface area contributed by atoms with Gasteiger partial charge in [0.2, 0.25) is 0 Å². The van der Waals surface area contributed by atoms with Crippen LogP contribution in [0.2, 0.25) is 0 Å². The van der Waals surface area contributed by atoms with Crippen LogP contribution in [0.1, 0.15) is 50.2 Å². The quantitative estimate of drug-likeness (QED) is 0.593. The van der Waals surface area contributed by atoms with Crippen LogP contribution < -0.4 is 14.8 Å². The van der Waals surface area contributed by atoms with Crippen molar-refractivity contribution in [3.05, 3.63) is 59.7 Å². The zero-order valence-electron chi connectivity index (χ0n) is 18.2. The molecule has 2 aromatic carbocycles. The molecule has 0 bridgehead atoms. The first-order chi connectivity index (χ1) is 14.0. The lowest BCUT2D eigenvalue weighted by Crippen LogP contribution is -2.36. The van der Waals surface area contributed by atoms with Crippen molar-refractivity contribution in [1.29, 1.82) is 0 Å². The van der Waals surface area contributed by atoms with Crippen LogP contribution >= 0.6 is 0 Å². The van der Waals surface area contributed by atoms with Crippen molar-refractivity contribution in [2.24, 2.45) is 5.92 Å². The molecule has 2 atom stereocenters. The number of nitrogens with one attached hydrogen (secondary N) is 1. The van der Waals surface area contributed by atoms with E-state index in [-0.39, 0.29) is 5.60 Å². The normalized spacial score (nSPS) is 19.5. The van der Waals surface area contributed by atoms with E-state index < -0.39 is 0 Å². The third kappa shape index (κ3) is 5.97. The molecular formula is C25H35NO3. The summed E-state index contributed by atoms with van der Waals surface area (Å²) in [4.78, 5) is 0. The average Bonchev–Trinajstić information content (AvgIpc) is 2.73. The lowest BCUT2D eigenvalue weighted by atomic mass is 9.75. The van der Waals surface area contributed by atoms with E-state index in [1.54, 1.807) is 14.2 Å². The third-order valence-electron chi connectivity index (χ3n) is 5.94. The highest BCUT2D eigenvalue weighted by Gasteiger charge is 2.33. The Morgan fingerprint density at radius 1 is 1.07 bits per heavy atom. The van der Waals surface area contributed by atoms with Crippen LogP contribution in [0.25, 0.3) is 0 Å². The van der Waals surface area contributed by atoms with Gasteiger partial charge in [0.25, 0.3) is 0 Å². The number of methoxy groups -OCH3 is 2. The number of hydrogen-bond donors (Lipinski definition) is 1. The largest absolute Gasteiger partial charge is 0.493 e. The van der Waals surface area contributed by atoms with Gasteiger partial charge in [-0.05, 0) is 74.8 Å². The minimum atomic E-state index is -0.0248. The molecule has 1 fully saturated rings. The summed E-state index contributed by atoms with van der Waals surface area (Å²) in [7, 11) is 3.34. The molecule has 0 radical (unpaired) electrons. The SMILES string of the molecule is COc1ccc(CNCC[C@H](c2ccccc2)[C@H]2CCOC(C)(C)C2)cc1OC. The molecule has 1 heterocycles. The standard InChI is InChI=1S/C25H35NO3/c1-25(2)17-21(13-15-29-25)22(20-8-6-5-7-9-20)12-14-26-18-19-10-11-23(27-3)24(16-19)28-4/h5-11,16,21-22,26H,12-15,17-18H2,1-4H3/t21-,22+/m0/s1. The third-order valence-corrected chi connectivity index (χ3v) is 5.94. The lowest BCUT2D eigenvalue weighted by Gasteiger charge is -2.39. The van der Waals surface area contributed by atoms with Crippen molar-refractivity contribution in [3.63, 3.8) is 0 Å². The first-order valence-electron chi connectivity index (χ1n) is 10.6. The average molecular weight is 398 g/mol. The second-order valence-corrected chi connectivity index (χ2v) is 8.53. The monoisotopic (exact) mass is 397 g/mol. The van der Waals surface area contributed by atoms with Gasteiger partial charge in [-0.3, -0.25) is 0 Å². The number of hydrogen-bond acceptors (Lipinski definition) is 4. The van der Waals surface area contributed by atoms with E-state index in [0.717, 1.165) is 50.5 Å². The number of benzene rings is 2. The summed E-state index contributed by atoms with van der Waals surface area (Å²) >= 11 is 0. The molecule has 0 aliphatic carbocycles. The molecule has 2 aromatic rings. The summed E-state index contributed by atoms with van der Waals surface area (Å²) in [5, 5.41) is 3.62. The summed E-state index contributed by atoms with van der Waals surface area (Å²) < 4.78 is 16.7. The van der Waals surface area contributed by atoms with E-state index >= 15 is 0 Å². The fraction of sp³-hybridized carbons (Fsp3) is 0.520. The molecule has 0 aromatic heterocycles. The summed E-state index contributed by atoms with van der Waals surface area (Å²) in [6.07, 6.45) is 3.37. The molecule has 0 amide bonds. The molecule has 158 valence electrons. The molecule has 1 aliphatic heterocycles. The summed E-state index contributed by atoms with van der Waals surface area (Å²) in [5.41, 5.74) is 2.62. The highest BCUT2D eigenvalue weighted by Crippen LogP contribution is 2.39. The van der Waals surface area contributed by atoms with Crippen molar-refractivity contribution < 1.29 is 14.2 Å². The van der Waals surface area contributed by atoms with Gasteiger partial charge in [0.15, 0.2) is 11.5 Å². The maximum absolute atomic E-state index is 5.97.